The predicted molar refractivity (Wildman–Crippen MR) is 76.8 cm³/mol. The van der Waals surface area contributed by atoms with Gasteiger partial charge in [-0.3, -0.25) is 14.9 Å². The topological polar surface area (TPSA) is 46.2 Å². The minimum atomic E-state index is -0.448. The molecule has 1 aliphatic heterocycles. The monoisotopic (exact) mass is 263 g/mol. The van der Waals surface area contributed by atoms with E-state index in [1.165, 1.54) is 6.08 Å². The van der Waals surface area contributed by atoms with Crippen LogP contribution in [0.5, 0.6) is 0 Å². The van der Waals surface area contributed by atoms with Crippen molar-refractivity contribution in [2.75, 3.05) is 0 Å². The van der Waals surface area contributed by atoms with Crippen molar-refractivity contribution in [3.05, 3.63) is 77.9 Å². The van der Waals surface area contributed by atoms with Gasteiger partial charge in [0.25, 0.3) is 5.91 Å². The Hall–Kier alpha value is -2.68. The van der Waals surface area contributed by atoms with Crippen molar-refractivity contribution in [1.29, 1.82) is 0 Å². The molecule has 2 aromatic carbocycles. The van der Waals surface area contributed by atoms with Crippen molar-refractivity contribution in [3.63, 3.8) is 0 Å². The van der Waals surface area contributed by atoms with Crippen LogP contribution in [-0.2, 0) is 9.59 Å². The largest absolute Gasteiger partial charge is 0.292 e. The number of amides is 2. The van der Waals surface area contributed by atoms with E-state index in [-0.39, 0.29) is 11.8 Å². The van der Waals surface area contributed by atoms with Crippen molar-refractivity contribution in [2.45, 2.75) is 5.92 Å². The molecule has 0 fully saturated rings. The van der Waals surface area contributed by atoms with Crippen molar-refractivity contribution in [2.24, 2.45) is 0 Å². The van der Waals surface area contributed by atoms with Gasteiger partial charge >= 0.3 is 0 Å². The third-order valence-corrected chi connectivity index (χ3v) is 3.35. The second-order valence-corrected chi connectivity index (χ2v) is 4.66. The third-order valence-electron chi connectivity index (χ3n) is 3.35. The first-order valence-electron chi connectivity index (χ1n) is 6.42. The Bertz CT molecular complexity index is 675. The molecule has 1 aliphatic rings. The van der Waals surface area contributed by atoms with Crippen molar-refractivity contribution in [1.82, 2.24) is 5.32 Å². The summed E-state index contributed by atoms with van der Waals surface area (Å²) in [6.45, 7) is 0. The zero-order valence-electron chi connectivity index (χ0n) is 10.7. The van der Waals surface area contributed by atoms with Gasteiger partial charge in [0.1, 0.15) is 0 Å². The fourth-order valence-corrected chi connectivity index (χ4v) is 2.45. The van der Waals surface area contributed by atoms with Crippen molar-refractivity contribution in [3.8, 4) is 0 Å². The average Bonchev–Trinajstić information content (AvgIpc) is 2.48. The molecule has 0 saturated carbocycles. The van der Waals surface area contributed by atoms with Crippen LogP contribution in [0.4, 0.5) is 0 Å². The molecule has 0 bridgehead atoms. The standard InChI is InChI=1S/C17H13NO2/c19-15-11-14(12-7-3-1-4-8-12)16(17(20)18-15)13-9-5-2-6-10-13/h1-11,16H,(H,18,19,20). The molecule has 3 rings (SSSR count). The second-order valence-electron chi connectivity index (χ2n) is 4.66. The molecule has 98 valence electrons. The summed E-state index contributed by atoms with van der Waals surface area (Å²) in [5.41, 5.74) is 2.52. The molecular weight excluding hydrogens is 250 g/mol. The van der Waals surface area contributed by atoms with E-state index in [1.807, 2.05) is 60.7 Å². The minimum absolute atomic E-state index is 0.275. The lowest BCUT2D eigenvalue weighted by Crippen LogP contribution is -2.38. The predicted octanol–water partition coefficient (Wildman–Crippen LogP) is 2.51. The smallest absolute Gasteiger partial charge is 0.250 e. The van der Waals surface area contributed by atoms with Gasteiger partial charge in [-0.05, 0) is 16.7 Å². The summed E-state index contributed by atoms with van der Waals surface area (Å²) >= 11 is 0. The molecule has 3 heteroatoms. The average molecular weight is 263 g/mol. The van der Waals surface area contributed by atoms with E-state index in [4.69, 9.17) is 0 Å². The van der Waals surface area contributed by atoms with Crippen LogP contribution in [0.25, 0.3) is 5.57 Å². The molecule has 0 saturated heterocycles. The molecule has 1 atom stereocenters. The lowest BCUT2D eigenvalue weighted by atomic mass is 9.84. The number of carbonyl (C=O) groups is 2. The summed E-state index contributed by atoms with van der Waals surface area (Å²) in [5, 5.41) is 2.37. The second kappa shape index (κ2) is 5.13. The Morgan fingerprint density at radius 1 is 0.800 bits per heavy atom. The van der Waals surface area contributed by atoms with Gasteiger partial charge in [-0.15, -0.1) is 0 Å². The van der Waals surface area contributed by atoms with Crippen LogP contribution in [0.15, 0.2) is 66.7 Å². The van der Waals surface area contributed by atoms with Gasteiger partial charge < -0.3 is 0 Å². The fraction of sp³-hybridized carbons (Fsp3) is 0.0588. The van der Waals surface area contributed by atoms with Crippen LogP contribution in [0.2, 0.25) is 0 Å². The maximum absolute atomic E-state index is 12.2. The minimum Gasteiger partial charge on any atom is -0.292 e. The van der Waals surface area contributed by atoms with Crippen LogP contribution in [0, 0.1) is 0 Å². The number of hydrogen-bond donors (Lipinski definition) is 1. The van der Waals surface area contributed by atoms with Crippen LogP contribution < -0.4 is 5.32 Å². The number of rotatable bonds is 2. The number of hydrogen-bond acceptors (Lipinski definition) is 2. The van der Waals surface area contributed by atoms with Crippen LogP contribution in [0.3, 0.4) is 0 Å². The Balaban J connectivity index is 2.12. The zero-order valence-corrected chi connectivity index (χ0v) is 10.7. The SMILES string of the molecule is O=C1C=C(c2ccccc2)C(c2ccccc2)C(=O)N1. The summed E-state index contributed by atoms with van der Waals surface area (Å²) in [4.78, 5) is 23.8. The first-order chi connectivity index (χ1) is 9.75. The van der Waals surface area contributed by atoms with Gasteiger partial charge in [0.2, 0.25) is 5.91 Å². The zero-order chi connectivity index (χ0) is 13.9. The van der Waals surface area contributed by atoms with Crippen molar-refractivity contribution >= 4 is 17.4 Å². The summed E-state index contributed by atoms with van der Waals surface area (Å²) in [6, 6.07) is 19.0. The molecule has 3 nitrogen and oxygen atoms in total. The lowest BCUT2D eigenvalue weighted by molar-refractivity contribution is -0.128. The first-order valence-corrected chi connectivity index (χ1v) is 6.42. The number of imide groups is 1. The van der Waals surface area contributed by atoms with E-state index in [2.05, 4.69) is 5.32 Å². The highest BCUT2D eigenvalue weighted by atomic mass is 16.2. The van der Waals surface area contributed by atoms with Crippen LogP contribution in [-0.4, -0.2) is 11.8 Å². The van der Waals surface area contributed by atoms with Gasteiger partial charge in [-0.25, -0.2) is 0 Å². The Kier molecular flexibility index (Phi) is 3.17. The lowest BCUT2D eigenvalue weighted by Gasteiger charge is -2.23. The Morgan fingerprint density at radius 3 is 2.05 bits per heavy atom. The van der Waals surface area contributed by atoms with E-state index in [1.54, 1.807) is 0 Å². The van der Waals surface area contributed by atoms with Gasteiger partial charge in [0, 0.05) is 6.08 Å². The van der Waals surface area contributed by atoms with Gasteiger partial charge in [-0.1, -0.05) is 60.7 Å². The molecular formula is C17H13NO2. The normalized spacial score (nSPS) is 18.4. The summed E-state index contributed by atoms with van der Waals surface area (Å²) in [6.07, 6.45) is 1.51. The number of carbonyl (C=O) groups excluding carboxylic acids is 2. The Morgan fingerprint density at radius 2 is 1.40 bits per heavy atom. The molecule has 20 heavy (non-hydrogen) atoms. The molecule has 0 aliphatic carbocycles. The molecule has 1 heterocycles. The quantitative estimate of drug-likeness (QED) is 0.846. The van der Waals surface area contributed by atoms with Crippen LogP contribution in [0.1, 0.15) is 17.0 Å². The summed E-state index contributed by atoms with van der Waals surface area (Å²) in [5.74, 6) is -1.08. The van der Waals surface area contributed by atoms with E-state index in [9.17, 15) is 9.59 Å². The highest BCUT2D eigenvalue weighted by Gasteiger charge is 2.31. The third kappa shape index (κ3) is 2.26. The maximum Gasteiger partial charge on any atom is 0.250 e. The molecule has 2 amide bonds. The molecule has 1 unspecified atom stereocenters. The highest BCUT2D eigenvalue weighted by molar-refractivity contribution is 6.15. The number of benzene rings is 2. The highest BCUT2D eigenvalue weighted by Crippen LogP contribution is 2.34. The molecule has 2 aromatic rings. The van der Waals surface area contributed by atoms with E-state index in [0.717, 1.165) is 16.7 Å². The molecule has 0 radical (unpaired) electrons. The fourth-order valence-electron chi connectivity index (χ4n) is 2.45. The summed E-state index contributed by atoms with van der Waals surface area (Å²) in [7, 11) is 0. The maximum atomic E-state index is 12.2. The molecule has 1 N–H and O–H groups in total. The summed E-state index contributed by atoms with van der Waals surface area (Å²) < 4.78 is 0. The van der Waals surface area contributed by atoms with Crippen molar-refractivity contribution < 1.29 is 9.59 Å². The van der Waals surface area contributed by atoms with Gasteiger partial charge in [0.15, 0.2) is 0 Å². The molecule has 0 spiro atoms. The van der Waals surface area contributed by atoms with Gasteiger partial charge in [0.05, 0.1) is 5.92 Å². The Labute approximate surface area is 116 Å². The van der Waals surface area contributed by atoms with Crippen LogP contribution >= 0.6 is 0 Å². The number of nitrogens with one attached hydrogen (secondary N) is 1. The molecule has 0 aromatic heterocycles. The van der Waals surface area contributed by atoms with E-state index < -0.39 is 5.92 Å². The van der Waals surface area contributed by atoms with E-state index >= 15 is 0 Å². The van der Waals surface area contributed by atoms with E-state index in [0.29, 0.717) is 0 Å². The van der Waals surface area contributed by atoms with Gasteiger partial charge in [-0.2, -0.15) is 0 Å². The first kappa shape index (κ1) is 12.4.